The van der Waals surface area contributed by atoms with Crippen molar-refractivity contribution >= 4 is 32.4 Å². The number of sulfonamides is 1. The predicted octanol–water partition coefficient (Wildman–Crippen LogP) is 3.56. The minimum Gasteiger partial charge on any atom is -0.497 e. The van der Waals surface area contributed by atoms with Crippen LogP contribution in [0, 0.1) is 0 Å². The number of benzene rings is 3. The Morgan fingerprint density at radius 2 is 1.87 bits per heavy atom. The molecule has 2 N–H and O–H groups in total. The van der Waals surface area contributed by atoms with Crippen LogP contribution in [-0.2, 0) is 14.8 Å². The van der Waals surface area contributed by atoms with Crippen LogP contribution in [0.25, 0.3) is 10.8 Å². The molecule has 0 aliphatic carbocycles. The van der Waals surface area contributed by atoms with E-state index < -0.39 is 10.0 Å². The third-order valence-corrected chi connectivity index (χ3v) is 6.62. The molecule has 0 saturated carbocycles. The fourth-order valence-electron chi connectivity index (χ4n) is 3.58. The number of anilines is 1. The molecule has 1 amide bonds. The number of ether oxygens (including phenoxy) is 2. The normalized spacial score (nSPS) is 16.2. The highest BCUT2D eigenvalue weighted by Gasteiger charge is 2.21. The first-order valence-electron chi connectivity index (χ1n) is 10.1. The minimum atomic E-state index is -3.89. The average Bonchev–Trinajstić information content (AvgIpc) is 3.30. The quantitative estimate of drug-likeness (QED) is 0.586. The van der Waals surface area contributed by atoms with Gasteiger partial charge in [0.2, 0.25) is 0 Å². The van der Waals surface area contributed by atoms with E-state index in [1.807, 2.05) is 6.07 Å². The maximum absolute atomic E-state index is 13.0. The molecule has 3 aromatic carbocycles. The Morgan fingerprint density at radius 3 is 2.65 bits per heavy atom. The van der Waals surface area contributed by atoms with Crippen molar-refractivity contribution in [3.8, 4) is 5.75 Å². The second-order valence-electron chi connectivity index (χ2n) is 7.37. The summed E-state index contributed by atoms with van der Waals surface area (Å²) in [6.45, 7) is 1.10. The first kappa shape index (κ1) is 21.1. The number of methoxy groups -OCH3 is 1. The smallest absolute Gasteiger partial charge is 0.261 e. The maximum atomic E-state index is 13.0. The lowest BCUT2D eigenvalue weighted by Gasteiger charge is -2.15. The number of carbonyl (C=O) groups excluding carboxylic acids is 1. The molecule has 162 valence electrons. The van der Waals surface area contributed by atoms with E-state index >= 15 is 0 Å². The van der Waals surface area contributed by atoms with Crippen LogP contribution in [0.15, 0.2) is 65.6 Å². The zero-order valence-corrected chi connectivity index (χ0v) is 17.9. The largest absolute Gasteiger partial charge is 0.497 e. The summed E-state index contributed by atoms with van der Waals surface area (Å²) < 4.78 is 39.3. The molecule has 0 aromatic heterocycles. The first-order chi connectivity index (χ1) is 15.0. The number of para-hydroxylation sites is 1. The summed E-state index contributed by atoms with van der Waals surface area (Å²) in [6, 6.07) is 16.8. The Hall–Kier alpha value is -3.10. The van der Waals surface area contributed by atoms with Gasteiger partial charge in [-0.15, -0.1) is 0 Å². The third kappa shape index (κ3) is 4.81. The zero-order chi connectivity index (χ0) is 21.8. The Balaban J connectivity index is 1.55. The van der Waals surface area contributed by atoms with Crippen molar-refractivity contribution in [1.29, 1.82) is 0 Å². The van der Waals surface area contributed by atoms with Crippen molar-refractivity contribution in [2.45, 2.75) is 23.8 Å². The Kier molecular flexibility index (Phi) is 6.11. The van der Waals surface area contributed by atoms with Gasteiger partial charge in [-0.2, -0.15) is 0 Å². The highest BCUT2D eigenvalue weighted by Crippen LogP contribution is 2.26. The van der Waals surface area contributed by atoms with E-state index in [1.54, 1.807) is 55.6 Å². The van der Waals surface area contributed by atoms with Crippen LogP contribution in [0.1, 0.15) is 23.2 Å². The van der Waals surface area contributed by atoms with Crippen LogP contribution >= 0.6 is 0 Å². The van der Waals surface area contributed by atoms with Crippen LogP contribution in [0.3, 0.4) is 0 Å². The first-order valence-corrected chi connectivity index (χ1v) is 11.5. The highest BCUT2D eigenvalue weighted by molar-refractivity contribution is 7.92. The molecule has 3 aromatic rings. The molecule has 1 heterocycles. The molecule has 1 aliphatic heterocycles. The molecular formula is C23H24N2O5S. The number of amides is 1. The van der Waals surface area contributed by atoms with Crippen molar-refractivity contribution < 1.29 is 22.7 Å². The number of rotatable bonds is 7. The van der Waals surface area contributed by atoms with Crippen molar-refractivity contribution in [1.82, 2.24) is 5.32 Å². The molecule has 0 bridgehead atoms. The van der Waals surface area contributed by atoms with E-state index in [2.05, 4.69) is 10.0 Å². The van der Waals surface area contributed by atoms with Crippen LogP contribution < -0.4 is 14.8 Å². The van der Waals surface area contributed by atoms with Gasteiger partial charge in [-0.05, 0) is 60.0 Å². The van der Waals surface area contributed by atoms with Gasteiger partial charge < -0.3 is 14.8 Å². The predicted molar refractivity (Wildman–Crippen MR) is 119 cm³/mol. The van der Waals surface area contributed by atoms with Crippen molar-refractivity contribution in [2.75, 3.05) is 25.0 Å². The number of carbonyl (C=O) groups is 1. The number of nitrogens with one attached hydrogen (secondary N) is 2. The van der Waals surface area contributed by atoms with Gasteiger partial charge in [0.25, 0.3) is 15.9 Å². The lowest BCUT2D eigenvalue weighted by molar-refractivity contribution is 0.0858. The Morgan fingerprint density at radius 1 is 1.10 bits per heavy atom. The molecule has 1 atom stereocenters. The Bertz CT molecular complexity index is 1200. The fraction of sp³-hybridized carbons (Fsp3) is 0.261. The molecule has 8 heteroatoms. The monoisotopic (exact) mass is 440 g/mol. The summed E-state index contributed by atoms with van der Waals surface area (Å²) in [5, 5.41) is 4.47. The summed E-state index contributed by atoms with van der Waals surface area (Å²) in [5.41, 5.74) is 0.483. The van der Waals surface area contributed by atoms with Gasteiger partial charge in [0.1, 0.15) is 5.75 Å². The van der Waals surface area contributed by atoms with Crippen molar-refractivity contribution in [3.05, 3.63) is 66.2 Å². The molecule has 1 fully saturated rings. The SMILES string of the molecule is COc1ccc2cc(S(=O)(=O)Nc3ccccc3C(=O)NCC3CCCO3)ccc2c1. The van der Waals surface area contributed by atoms with Gasteiger partial charge in [0.05, 0.1) is 29.4 Å². The van der Waals surface area contributed by atoms with Crippen LogP contribution in [0.5, 0.6) is 5.75 Å². The van der Waals surface area contributed by atoms with E-state index in [1.165, 1.54) is 6.07 Å². The van der Waals surface area contributed by atoms with E-state index in [-0.39, 0.29) is 28.2 Å². The van der Waals surface area contributed by atoms with Gasteiger partial charge in [0, 0.05) is 13.2 Å². The molecule has 4 rings (SSSR count). The lowest BCUT2D eigenvalue weighted by Crippen LogP contribution is -2.32. The Labute approximate surface area is 181 Å². The summed E-state index contributed by atoms with van der Waals surface area (Å²) >= 11 is 0. The van der Waals surface area contributed by atoms with Gasteiger partial charge in [-0.3, -0.25) is 9.52 Å². The maximum Gasteiger partial charge on any atom is 0.261 e. The zero-order valence-electron chi connectivity index (χ0n) is 17.1. The van der Waals surface area contributed by atoms with Crippen molar-refractivity contribution in [2.24, 2.45) is 0 Å². The fourth-order valence-corrected chi connectivity index (χ4v) is 4.69. The second kappa shape index (κ2) is 8.95. The van der Waals surface area contributed by atoms with Gasteiger partial charge in [0.15, 0.2) is 0 Å². The lowest BCUT2D eigenvalue weighted by atomic mass is 10.1. The van der Waals surface area contributed by atoms with E-state index in [9.17, 15) is 13.2 Å². The van der Waals surface area contributed by atoms with Crippen LogP contribution in [0.2, 0.25) is 0 Å². The summed E-state index contributed by atoms with van der Waals surface area (Å²) in [4.78, 5) is 12.8. The van der Waals surface area contributed by atoms with Crippen LogP contribution in [-0.4, -0.2) is 40.7 Å². The minimum absolute atomic E-state index is 0.00373. The third-order valence-electron chi connectivity index (χ3n) is 5.26. The van der Waals surface area contributed by atoms with Gasteiger partial charge in [-0.25, -0.2) is 8.42 Å². The van der Waals surface area contributed by atoms with Gasteiger partial charge in [-0.1, -0.05) is 24.3 Å². The molecule has 1 aliphatic rings. The second-order valence-corrected chi connectivity index (χ2v) is 9.05. The molecular weight excluding hydrogens is 416 g/mol. The van der Waals surface area contributed by atoms with E-state index in [0.29, 0.717) is 18.9 Å². The summed E-state index contributed by atoms with van der Waals surface area (Å²) in [5.74, 6) is 0.351. The van der Waals surface area contributed by atoms with Crippen LogP contribution in [0.4, 0.5) is 5.69 Å². The number of hydrogen-bond acceptors (Lipinski definition) is 5. The molecule has 7 nitrogen and oxygen atoms in total. The molecule has 31 heavy (non-hydrogen) atoms. The summed E-state index contributed by atoms with van der Waals surface area (Å²) in [6.07, 6.45) is 1.89. The molecule has 0 spiro atoms. The number of fused-ring (bicyclic) bond motifs is 1. The van der Waals surface area contributed by atoms with Gasteiger partial charge >= 0.3 is 0 Å². The number of hydrogen-bond donors (Lipinski definition) is 2. The molecule has 0 radical (unpaired) electrons. The van der Waals surface area contributed by atoms with Crippen molar-refractivity contribution in [3.63, 3.8) is 0 Å². The van der Waals surface area contributed by atoms with E-state index in [4.69, 9.17) is 9.47 Å². The highest BCUT2D eigenvalue weighted by atomic mass is 32.2. The van der Waals surface area contributed by atoms with E-state index in [0.717, 1.165) is 23.6 Å². The average molecular weight is 441 g/mol. The molecule has 1 unspecified atom stereocenters. The topological polar surface area (TPSA) is 93.7 Å². The standard InChI is InChI=1S/C23H24N2O5S/c1-29-18-10-8-17-14-20(11-9-16(17)13-18)31(27,28)25-22-7-3-2-6-21(22)23(26)24-15-19-5-4-12-30-19/h2-3,6-11,13-14,19,25H,4-5,12,15H2,1H3,(H,24,26). The molecule has 1 saturated heterocycles. The summed E-state index contributed by atoms with van der Waals surface area (Å²) in [7, 11) is -2.31.